The first-order valence-electron chi connectivity index (χ1n) is 8.77. The molecule has 1 aliphatic heterocycles. The van der Waals surface area contributed by atoms with Gasteiger partial charge in [0.1, 0.15) is 0 Å². The predicted molar refractivity (Wildman–Crippen MR) is 99.6 cm³/mol. The van der Waals surface area contributed by atoms with Gasteiger partial charge in [0, 0.05) is 12.0 Å². The van der Waals surface area contributed by atoms with E-state index in [4.69, 9.17) is 15.2 Å². The van der Waals surface area contributed by atoms with E-state index < -0.39 is 0 Å². The monoisotopic (exact) mass is 383 g/mol. The van der Waals surface area contributed by atoms with Gasteiger partial charge in [-0.2, -0.15) is 0 Å². The van der Waals surface area contributed by atoms with Gasteiger partial charge in [0.15, 0.2) is 11.5 Å². The third-order valence-corrected chi connectivity index (χ3v) is 5.05. The van der Waals surface area contributed by atoms with Crippen molar-refractivity contribution in [2.75, 3.05) is 26.4 Å². The molecule has 1 heterocycles. The van der Waals surface area contributed by atoms with Crippen molar-refractivity contribution >= 4 is 24.2 Å². The SMILES string of the molecule is Cl.NCC(=O)NCC(=O)NCC1(c2ccc3c(c2)OCO3)CCCCC1. The molecule has 2 amide bonds. The van der Waals surface area contributed by atoms with Crippen LogP contribution in [0.15, 0.2) is 18.2 Å². The topological polar surface area (TPSA) is 103 Å². The lowest BCUT2D eigenvalue weighted by atomic mass is 9.69. The van der Waals surface area contributed by atoms with Crippen molar-refractivity contribution in [2.24, 2.45) is 5.73 Å². The van der Waals surface area contributed by atoms with Crippen LogP contribution in [0.5, 0.6) is 11.5 Å². The van der Waals surface area contributed by atoms with E-state index in [1.54, 1.807) is 0 Å². The van der Waals surface area contributed by atoms with E-state index in [0.29, 0.717) is 6.54 Å². The molecule has 1 saturated carbocycles. The molecule has 4 N–H and O–H groups in total. The van der Waals surface area contributed by atoms with E-state index >= 15 is 0 Å². The number of rotatable bonds is 6. The zero-order valence-corrected chi connectivity index (χ0v) is 15.5. The number of hydrogen-bond donors (Lipinski definition) is 3. The van der Waals surface area contributed by atoms with Crippen LogP contribution in [0.3, 0.4) is 0 Å². The summed E-state index contributed by atoms with van der Waals surface area (Å²) in [7, 11) is 0. The van der Waals surface area contributed by atoms with E-state index in [1.165, 1.54) is 12.0 Å². The lowest BCUT2D eigenvalue weighted by molar-refractivity contribution is -0.125. The largest absolute Gasteiger partial charge is 0.454 e. The Labute approximate surface area is 159 Å². The summed E-state index contributed by atoms with van der Waals surface area (Å²) in [4.78, 5) is 23.2. The number of ether oxygens (including phenoxy) is 2. The molecule has 8 heteroatoms. The third kappa shape index (κ3) is 4.59. The van der Waals surface area contributed by atoms with Crippen LogP contribution in [-0.2, 0) is 15.0 Å². The molecule has 0 radical (unpaired) electrons. The van der Waals surface area contributed by atoms with Gasteiger partial charge >= 0.3 is 0 Å². The summed E-state index contributed by atoms with van der Waals surface area (Å²) in [5, 5.41) is 5.47. The molecular formula is C18H26ClN3O4. The summed E-state index contributed by atoms with van der Waals surface area (Å²) in [6.07, 6.45) is 5.51. The third-order valence-electron chi connectivity index (χ3n) is 5.05. The van der Waals surface area contributed by atoms with Crippen molar-refractivity contribution in [3.05, 3.63) is 23.8 Å². The van der Waals surface area contributed by atoms with Crippen LogP contribution >= 0.6 is 12.4 Å². The maximum Gasteiger partial charge on any atom is 0.239 e. The summed E-state index contributed by atoms with van der Waals surface area (Å²) in [5.74, 6) is 0.998. The van der Waals surface area contributed by atoms with Gasteiger partial charge in [-0.3, -0.25) is 9.59 Å². The maximum atomic E-state index is 12.1. The molecule has 0 spiro atoms. The summed E-state index contributed by atoms with van der Waals surface area (Å²) in [5.41, 5.74) is 6.29. The Hall–Kier alpha value is -1.99. The predicted octanol–water partition coefficient (Wildman–Crippen LogP) is 1.23. The number of amides is 2. The van der Waals surface area contributed by atoms with Crippen molar-refractivity contribution in [1.82, 2.24) is 10.6 Å². The van der Waals surface area contributed by atoms with Gasteiger partial charge in [-0.25, -0.2) is 0 Å². The molecule has 144 valence electrons. The van der Waals surface area contributed by atoms with Crippen LogP contribution in [0.25, 0.3) is 0 Å². The Bertz CT molecular complexity index is 647. The van der Waals surface area contributed by atoms with Gasteiger partial charge in [-0.15, -0.1) is 12.4 Å². The Kier molecular flexibility index (Phi) is 7.11. The molecule has 2 aliphatic rings. The fourth-order valence-electron chi connectivity index (χ4n) is 3.60. The molecule has 0 aromatic heterocycles. The minimum Gasteiger partial charge on any atom is -0.454 e. The number of carbonyl (C=O) groups is 2. The van der Waals surface area contributed by atoms with Crippen LogP contribution in [0.2, 0.25) is 0 Å². The molecule has 1 aromatic carbocycles. The molecule has 1 aliphatic carbocycles. The molecule has 1 fully saturated rings. The van der Waals surface area contributed by atoms with Crippen LogP contribution in [0, 0.1) is 0 Å². The summed E-state index contributed by atoms with van der Waals surface area (Å²) in [6.45, 7) is 0.634. The van der Waals surface area contributed by atoms with Gasteiger partial charge in [-0.1, -0.05) is 25.3 Å². The Morgan fingerprint density at radius 1 is 1.04 bits per heavy atom. The standard InChI is InChI=1S/C18H25N3O4.ClH/c19-9-16(22)20-10-17(23)21-11-18(6-2-1-3-7-18)13-4-5-14-15(8-13)25-12-24-14;/h4-5,8H,1-3,6-7,9-12,19H2,(H,20,22)(H,21,23);1H. The van der Waals surface area contributed by atoms with E-state index in [1.807, 2.05) is 12.1 Å². The zero-order valence-electron chi connectivity index (χ0n) is 14.7. The Balaban J connectivity index is 0.00000243. The smallest absolute Gasteiger partial charge is 0.239 e. The van der Waals surface area contributed by atoms with E-state index in [0.717, 1.165) is 37.2 Å². The van der Waals surface area contributed by atoms with Crippen molar-refractivity contribution in [2.45, 2.75) is 37.5 Å². The van der Waals surface area contributed by atoms with Crippen LogP contribution in [-0.4, -0.2) is 38.2 Å². The normalized spacial score (nSPS) is 17.1. The highest BCUT2D eigenvalue weighted by Crippen LogP contribution is 2.43. The van der Waals surface area contributed by atoms with E-state index in [9.17, 15) is 9.59 Å². The molecule has 7 nitrogen and oxygen atoms in total. The van der Waals surface area contributed by atoms with E-state index in [2.05, 4.69) is 16.7 Å². The first-order chi connectivity index (χ1) is 12.1. The van der Waals surface area contributed by atoms with E-state index in [-0.39, 0.29) is 49.5 Å². The number of carbonyl (C=O) groups excluding carboxylic acids is 2. The highest BCUT2D eigenvalue weighted by atomic mass is 35.5. The molecular weight excluding hydrogens is 358 g/mol. The average Bonchev–Trinajstić information content (AvgIpc) is 3.13. The first kappa shape index (κ1) is 20.3. The summed E-state index contributed by atoms with van der Waals surface area (Å²) >= 11 is 0. The lowest BCUT2D eigenvalue weighted by Crippen LogP contribution is -2.46. The molecule has 0 saturated heterocycles. The quantitative estimate of drug-likeness (QED) is 0.685. The van der Waals surface area contributed by atoms with Crippen molar-refractivity contribution in [3.8, 4) is 11.5 Å². The van der Waals surface area contributed by atoms with Gasteiger partial charge in [0.25, 0.3) is 0 Å². The molecule has 0 atom stereocenters. The van der Waals surface area contributed by atoms with Crippen LogP contribution in [0.1, 0.15) is 37.7 Å². The van der Waals surface area contributed by atoms with Gasteiger partial charge in [0.05, 0.1) is 13.1 Å². The minimum atomic E-state index is -0.335. The highest BCUT2D eigenvalue weighted by Gasteiger charge is 2.35. The Morgan fingerprint density at radius 2 is 1.77 bits per heavy atom. The first-order valence-corrected chi connectivity index (χ1v) is 8.77. The second-order valence-corrected chi connectivity index (χ2v) is 6.67. The fraction of sp³-hybridized carbons (Fsp3) is 0.556. The highest BCUT2D eigenvalue weighted by molar-refractivity contribution is 5.85. The second-order valence-electron chi connectivity index (χ2n) is 6.67. The van der Waals surface area contributed by atoms with Crippen LogP contribution in [0.4, 0.5) is 0 Å². The van der Waals surface area contributed by atoms with Gasteiger partial charge < -0.3 is 25.8 Å². The van der Waals surface area contributed by atoms with Crippen molar-refractivity contribution < 1.29 is 19.1 Å². The van der Waals surface area contributed by atoms with Gasteiger partial charge in [0.2, 0.25) is 18.6 Å². The summed E-state index contributed by atoms with van der Waals surface area (Å²) < 4.78 is 10.9. The zero-order chi connectivity index (χ0) is 17.7. The maximum absolute atomic E-state index is 12.1. The molecule has 3 rings (SSSR count). The van der Waals surface area contributed by atoms with Crippen molar-refractivity contribution in [1.29, 1.82) is 0 Å². The summed E-state index contributed by atoms with van der Waals surface area (Å²) in [6, 6.07) is 6.05. The second kappa shape index (κ2) is 9.09. The molecule has 0 unspecified atom stereocenters. The Morgan fingerprint density at radius 3 is 2.50 bits per heavy atom. The van der Waals surface area contributed by atoms with Crippen molar-refractivity contribution in [3.63, 3.8) is 0 Å². The number of hydrogen-bond acceptors (Lipinski definition) is 5. The molecule has 0 bridgehead atoms. The average molecular weight is 384 g/mol. The number of nitrogens with two attached hydrogens (primary N) is 1. The minimum absolute atomic E-state index is 0. The molecule has 26 heavy (non-hydrogen) atoms. The fourth-order valence-corrected chi connectivity index (χ4v) is 3.60. The number of halogens is 1. The lowest BCUT2D eigenvalue weighted by Gasteiger charge is -2.38. The number of benzene rings is 1. The number of nitrogens with one attached hydrogen (secondary N) is 2. The number of fused-ring (bicyclic) bond motifs is 1. The van der Waals surface area contributed by atoms with Gasteiger partial charge in [-0.05, 0) is 30.5 Å². The van der Waals surface area contributed by atoms with Crippen LogP contribution < -0.4 is 25.8 Å². The molecule has 1 aromatic rings.